The lowest BCUT2D eigenvalue weighted by Crippen LogP contribution is -2.42. The van der Waals surface area contributed by atoms with Crippen LogP contribution in [0.1, 0.15) is 36.0 Å². The lowest BCUT2D eigenvalue weighted by atomic mass is 9.82. The van der Waals surface area contributed by atoms with Crippen LogP contribution in [0.5, 0.6) is 0 Å². The highest BCUT2D eigenvalue weighted by molar-refractivity contribution is 5.83. The summed E-state index contributed by atoms with van der Waals surface area (Å²) in [6.45, 7) is 5.81. The SMILES string of the molecule is Cc1ccccc1C1(O)CCN(Cc2cn(CCCO)c3ccccc23)CC1. The lowest BCUT2D eigenvalue weighted by molar-refractivity contribution is -0.0281. The molecule has 0 saturated carbocycles. The standard InChI is InChI=1S/C24H30N2O2/c1-19-7-2-4-9-22(19)24(28)11-14-25(15-12-24)17-20-18-26(13-6-16-27)23-10-5-3-8-21(20)23/h2-5,7-10,18,27-28H,6,11-17H2,1H3. The van der Waals surface area contributed by atoms with Crippen molar-refractivity contribution in [1.29, 1.82) is 0 Å². The van der Waals surface area contributed by atoms with Crippen LogP contribution in [-0.4, -0.2) is 39.4 Å². The van der Waals surface area contributed by atoms with Gasteiger partial charge in [-0.05, 0) is 48.9 Å². The van der Waals surface area contributed by atoms with Gasteiger partial charge < -0.3 is 14.8 Å². The van der Waals surface area contributed by atoms with Gasteiger partial charge in [0.2, 0.25) is 0 Å². The number of hydrogen-bond donors (Lipinski definition) is 2. The first-order valence-electron chi connectivity index (χ1n) is 10.3. The van der Waals surface area contributed by atoms with E-state index >= 15 is 0 Å². The smallest absolute Gasteiger partial charge is 0.0923 e. The van der Waals surface area contributed by atoms with Crippen LogP contribution in [0.2, 0.25) is 0 Å². The monoisotopic (exact) mass is 378 g/mol. The lowest BCUT2D eigenvalue weighted by Gasteiger charge is -2.39. The topological polar surface area (TPSA) is 48.6 Å². The second-order valence-corrected chi connectivity index (χ2v) is 8.06. The Morgan fingerprint density at radius 2 is 1.71 bits per heavy atom. The molecule has 4 rings (SSSR count). The van der Waals surface area contributed by atoms with Crippen molar-refractivity contribution in [2.24, 2.45) is 0 Å². The number of aryl methyl sites for hydroxylation is 2. The Bertz CT molecular complexity index is 939. The minimum atomic E-state index is -0.711. The molecule has 1 aliphatic heterocycles. The first kappa shape index (κ1) is 19.2. The van der Waals surface area contributed by atoms with Crippen LogP contribution in [0.3, 0.4) is 0 Å². The molecule has 1 fully saturated rings. The van der Waals surface area contributed by atoms with Gasteiger partial charge in [-0.1, -0.05) is 42.5 Å². The summed E-state index contributed by atoms with van der Waals surface area (Å²) in [5, 5.41) is 21.7. The molecule has 0 radical (unpaired) electrons. The molecule has 0 unspecified atom stereocenters. The number of rotatable bonds is 6. The Balaban J connectivity index is 1.49. The largest absolute Gasteiger partial charge is 0.396 e. The molecule has 4 heteroatoms. The zero-order chi connectivity index (χ0) is 19.6. The normalized spacial score (nSPS) is 17.2. The summed E-state index contributed by atoms with van der Waals surface area (Å²) in [5.74, 6) is 0. The summed E-state index contributed by atoms with van der Waals surface area (Å²) in [4.78, 5) is 2.45. The molecule has 2 aromatic carbocycles. The van der Waals surface area contributed by atoms with E-state index in [1.165, 1.54) is 22.0 Å². The van der Waals surface area contributed by atoms with Gasteiger partial charge in [0.05, 0.1) is 5.60 Å². The van der Waals surface area contributed by atoms with Gasteiger partial charge in [-0.15, -0.1) is 0 Å². The minimum Gasteiger partial charge on any atom is -0.396 e. The number of aliphatic hydroxyl groups excluding tert-OH is 1. The van der Waals surface area contributed by atoms with E-state index in [1.54, 1.807) is 0 Å². The number of aromatic nitrogens is 1. The second-order valence-electron chi connectivity index (χ2n) is 8.06. The molecule has 2 heterocycles. The van der Waals surface area contributed by atoms with Crippen LogP contribution in [-0.2, 0) is 18.7 Å². The Kier molecular flexibility index (Phi) is 5.54. The molecule has 1 aliphatic rings. The first-order valence-corrected chi connectivity index (χ1v) is 10.3. The van der Waals surface area contributed by atoms with Crippen molar-refractivity contribution >= 4 is 10.9 Å². The third-order valence-electron chi connectivity index (χ3n) is 6.15. The highest BCUT2D eigenvalue weighted by Crippen LogP contribution is 2.35. The number of likely N-dealkylation sites (tertiary alicyclic amines) is 1. The predicted molar refractivity (Wildman–Crippen MR) is 113 cm³/mol. The van der Waals surface area contributed by atoms with Crippen LogP contribution in [0.15, 0.2) is 54.7 Å². The number of benzene rings is 2. The third kappa shape index (κ3) is 3.72. The molecule has 0 amide bonds. The molecule has 1 aromatic heterocycles. The van der Waals surface area contributed by atoms with Gasteiger partial charge in [-0.25, -0.2) is 0 Å². The maximum absolute atomic E-state index is 11.2. The molecule has 4 nitrogen and oxygen atoms in total. The van der Waals surface area contributed by atoms with E-state index < -0.39 is 5.60 Å². The van der Waals surface area contributed by atoms with E-state index in [9.17, 15) is 10.2 Å². The molecule has 1 saturated heterocycles. The molecule has 3 aromatic rings. The molecule has 2 N–H and O–H groups in total. The van der Waals surface area contributed by atoms with Gasteiger partial charge in [0, 0.05) is 49.9 Å². The Hall–Kier alpha value is -2.14. The summed E-state index contributed by atoms with van der Waals surface area (Å²) < 4.78 is 2.26. The van der Waals surface area contributed by atoms with Crippen molar-refractivity contribution in [2.75, 3.05) is 19.7 Å². The van der Waals surface area contributed by atoms with Gasteiger partial charge >= 0.3 is 0 Å². The molecule has 28 heavy (non-hydrogen) atoms. The van der Waals surface area contributed by atoms with E-state index in [4.69, 9.17) is 0 Å². The van der Waals surface area contributed by atoms with Crippen molar-refractivity contribution in [3.05, 3.63) is 71.4 Å². The zero-order valence-corrected chi connectivity index (χ0v) is 16.6. The molecular formula is C24H30N2O2. The quantitative estimate of drug-likeness (QED) is 0.686. The third-order valence-corrected chi connectivity index (χ3v) is 6.15. The summed E-state index contributed by atoms with van der Waals surface area (Å²) in [6.07, 6.45) is 4.54. The van der Waals surface area contributed by atoms with Crippen molar-refractivity contribution in [3.63, 3.8) is 0 Å². The van der Waals surface area contributed by atoms with E-state index in [1.807, 2.05) is 12.1 Å². The molecular weight excluding hydrogens is 348 g/mol. The van der Waals surface area contributed by atoms with Crippen LogP contribution in [0, 0.1) is 6.92 Å². The number of fused-ring (bicyclic) bond motifs is 1. The fourth-order valence-electron chi connectivity index (χ4n) is 4.56. The number of para-hydroxylation sites is 1. The van der Waals surface area contributed by atoms with Gasteiger partial charge in [0.15, 0.2) is 0 Å². The Labute approximate surface area is 167 Å². The van der Waals surface area contributed by atoms with E-state index in [2.05, 4.69) is 59.0 Å². The molecule has 148 valence electrons. The molecule has 0 spiro atoms. The summed E-state index contributed by atoms with van der Waals surface area (Å²) >= 11 is 0. The highest BCUT2D eigenvalue weighted by Gasteiger charge is 2.35. The number of aliphatic hydroxyl groups is 2. The van der Waals surface area contributed by atoms with Gasteiger partial charge in [0.25, 0.3) is 0 Å². The summed E-state index contributed by atoms with van der Waals surface area (Å²) in [5.41, 5.74) is 4.10. The van der Waals surface area contributed by atoms with Crippen LogP contribution < -0.4 is 0 Å². The maximum Gasteiger partial charge on any atom is 0.0923 e. The first-order chi connectivity index (χ1) is 13.6. The van der Waals surface area contributed by atoms with E-state index in [0.29, 0.717) is 0 Å². The average molecular weight is 379 g/mol. The van der Waals surface area contributed by atoms with Crippen LogP contribution in [0.4, 0.5) is 0 Å². The van der Waals surface area contributed by atoms with Crippen molar-refractivity contribution in [2.45, 2.75) is 44.9 Å². The van der Waals surface area contributed by atoms with Gasteiger partial charge in [-0.3, -0.25) is 4.90 Å². The van der Waals surface area contributed by atoms with Crippen LogP contribution >= 0.6 is 0 Å². The summed E-state index contributed by atoms with van der Waals surface area (Å²) in [7, 11) is 0. The maximum atomic E-state index is 11.2. The van der Waals surface area contributed by atoms with Crippen molar-refractivity contribution < 1.29 is 10.2 Å². The predicted octanol–water partition coefficient (Wildman–Crippen LogP) is 3.82. The summed E-state index contributed by atoms with van der Waals surface area (Å²) in [6, 6.07) is 16.7. The van der Waals surface area contributed by atoms with Gasteiger partial charge in [-0.2, -0.15) is 0 Å². The number of nitrogens with zero attached hydrogens (tertiary/aromatic N) is 2. The highest BCUT2D eigenvalue weighted by atomic mass is 16.3. The van der Waals surface area contributed by atoms with E-state index in [-0.39, 0.29) is 6.61 Å². The Morgan fingerprint density at radius 1 is 1.00 bits per heavy atom. The van der Waals surface area contributed by atoms with Crippen LogP contribution in [0.25, 0.3) is 10.9 Å². The fraction of sp³-hybridized carbons (Fsp3) is 0.417. The van der Waals surface area contributed by atoms with Crippen molar-refractivity contribution in [3.8, 4) is 0 Å². The molecule has 0 aliphatic carbocycles. The zero-order valence-electron chi connectivity index (χ0n) is 16.6. The average Bonchev–Trinajstić information content (AvgIpc) is 3.06. The van der Waals surface area contributed by atoms with Gasteiger partial charge in [0.1, 0.15) is 0 Å². The van der Waals surface area contributed by atoms with E-state index in [0.717, 1.165) is 51.0 Å². The molecule has 0 bridgehead atoms. The van der Waals surface area contributed by atoms with Crippen molar-refractivity contribution in [1.82, 2.24) is 9.47 Å². The number of hydrogen-bond acceptors (Lipinski definition) is 3. The number of piperidine rings is 1. The second kappa shape index (κ2) is 8.08. The fourth-order valence-corrected chi connectivity index (χ4v) is 4.56. The Morgan fingerprint density at radius 3 is 2.46 bits per heavy atom. The molecule has 0 atom stereocenters. The minimum absolute atomic E-state index is 0.214.